The lowest BCUT2D eigenvalue weighted by atomic mass is 9.99. The van der Waals surface area contributed by atoms with Crippen molar-refractivity contribution in [1.82, 2.24) is 4.31 Å². The van der Waals surface area contributed by atoms with E-state index in [0.29, 0.717) is 18.6 Å². The molecule has 6 nitrogen and oxygen atoms in total. The summed E-state index contributed by atoms with van der Waals surface area (Å²) in [6.07, 6.45) is 0.636. The van der Waals surface area contributed by atoms with Crippen LogP contribution in [-0.2, 0) is 14.8 Å². The molecule has 21 heavy (non-hydrogen) atoms. The van der Waals surface area contributed by atoms with E-state index in [1.165, 1.54) is 29.6 Å². The Kier molecular flexibility index (Phi) is 4.75. The van der Waals surface area contributed by atoms with Gasteiger partial charge >= 0.3 is 5.97 Å². The summed E-state index contributed by atoms with van der Waals surface area (Å²) in [5.41, 5.74) is 0. The zero-order valence-electron chi connectivity index (χ0n) is 11.5. The summed E-state index contributed by atoms with van der Waals surface area (Å²) in [4.78, 5) is 11.0. The van der Waals surface area contributed by atoms with Gasteiger partial charge in [0.25, 0.3) is 0 Å². The molecule has 1 saturated heterocycles. The molecule has 1 aromatic rings. The molecule has 1 aromatic carbocycles. The summed E-state index contributed by atoms with van der Waals surface area (Å²) in [7, 11) is -2.21. The predicted octanol–water partition coefficient (Wildman–Crippen LogP) is 1.83. The summed E-state index contributed by atoms with van der Waals surface area (Å²) < 4.78 is 31.3. The zero-order valence-corrected chi connectivity index (χ0v) is 13.0. The fraction of sp³-hybridized carbons (Fsp3) is 0.462. The summed E-state index contributed by atoms with van der Waals surface area (Å²) in [6.45, 7) is 0.395. The number of aliphatic carboxylic acids is 1. The van der Waals surface area contributed by atoms with Crippen LogP contribution in [0.2, 0.25) is 5.02 Å². The van der Waals surface area contributed by atoms with Gasteiger partial charge in [0.15, 0.2) is 0 Å². The van der Waals surface area contributed by atoms with Gasteiger partial charge in [-0.15, -0.1) is 0 Å². The molecule has 0 unspecified atom stereocenters. The Morgan fingerprint density at radius 1 is 1.38 bits per heavy atom. The highest BCUT2D eigenvalue weighted by Crippen LogP contribution is 2.30. The minimum atomic E-state index is -3.66. The topological polar surface area (TPSA) is 83.9 Å². The molecule has 1 N–H and O–H groups in total. The van der Waals surface area contributed by atoms with Crippen molar-refractivity contribution in [3.8, 4) is 5.75 Å². The number of carboxylic acids is 1. The molecule has 0 atom stereocenters. The Balaban J connectivity index is 2.19. The second-order valence-electron chi connectivity index (χ2n) is 4.81. The number of benzene rings is 1. The molecule has 8 heteroatoms. The van der Waals surface area contributed by atoms with Crippen molar-refractivity contribution in [1.29, 1.82) is 0 Å². The van der Waals surface area contributed by atoms with E-state index in [9.17, 15) is 13.2 Å². The molecule has 0 radical (unpaired) electrons. The number of halogens is 1. The van der Waals surface area contributed by atoms with E-state index in [1.807, 2.05) is 0 Å². The fourth-order valence-corrected chi connectivity index (χ4v) is 4.12. The lowest BCUT2D eigenvalue weighted by Gasteiger charge is -2.29. The number of carbonyl (C=O) groups is 1. The molecule has 0 aliphatic carbocycles. The molecular formula is C13H16ClNO5S. The van der Waals surface area contributed by atoms with Crippen molar-refractivity contribution in [2.75, 3.05) is 20.2 Å². The molecule has 0 bridgehead atoms. The van der Waals surface area contributed by atoms with Crippen LogP contribution in [-0.4, -0.2) is 44.0 Å². The number of rotatable bonds is 4. The molecule has 1 aliphatic rings. The molecular weight excluding hydrogens is 318 g/mol. The van der Waals surface area contributed by atoms with Crippen LogP contribution in [0.25, 0.3) is 0 Å². The van der Waals surface area contributed by atoms with E-state index >= 15 is 0 Å². The zero-order chi connectivity index (χ0) is 15.6. The third kappa shape index (κ3) is 3.30. The maximum Gasteiger partial charge on any atom is 0.306 e. The van der Waals surface area contributed by atoms with E-state index in [0.717, 1.165) is 0 Å². The first-order valence-electron chi connectivity index (χ1n) is 6.42. The lowest BCUT2D eigenvalue weighted by Crippen LogP contribution is -2.40. The van der Waals surface area contributed by atoms with Gasteiger partial charge in [-0.05, 0) is 31.0 Å². The first kappa shape index (κ1) is 16.1. The molecule has 0 spiro atoms. The Morgan fingerprint density at radius 2 is 2.00 bits per heavy atom. The van der Waals surface area contributed by atoms with Crippen molar-refractivity contribution >= 4 is 27.6 Å². The third-order valence-electron chi connectivity index (χ3n) is 3.56. The van der Waals surface area contributed by atoms with Crippen molar-refractivity contribution in [3.63, 3.8) is 0 Å². The quantitative estimate of drug-likeness (QED) is 0.908. The first-order valence-corrected chi connectivity index (χ1v) is 8.24. The number of piperidine rings is 1. The standard InChI is InChI=1S/C13H16ClNO5S/c1-20-12-3-2-10(8-11(12)14)21(18,19)15-6-4-9(5-7-15)13(16)17/h2-3,8-9H,4-7H2,1H3,(H,16,17). The van der Waals surface area contributed by atoms with E-state index in [4.69, 9.17) is 21.4 Å². The summed E-state index contributed by atoms with van der Waals surface area (Å²) in [5.74, 6) is -0.948. The fourth-order valence-electron chi connectivity index (χ4n) is 2.30. The summed E-state index contributed by atoms with van der Waals surface area (Å²) in [5, 5.41) is 9.16. The van der Waals surface area contributed by atoms with E-state index < -0.39 is 21.9 Å². The first-order chi connectivity index (χ1) is 9.86. The molecule has 2 rings (SSSR count). The lowest BCUT2D eigenvalue weighted by molar-refractivity contribution is -0.142. The van der Waals surface area contributed by atoms with Crippen LogP contribution in [0, 0.1) is 5.92 Å². The minimum absolute atomic E-state index is 0.0853. The van der Waals surface area contributed by atoms with Crippen LogP contribution < -0.4 is 4.74 Å². The van der Waals surface area contributed by atoms with Gasteiger partial charge in [0.2, 0.25) is 10.0 Å². The number of carboxylic acid groups (broad SMARTS) is 1. The predicted molar refractivity (Wildman–Crippen MR) is 77.1 cm³/mol. The van der Waals surface area contributed by atoms with Crippen molar-refractivity contribution < 1.29 is 23.1 Å². The number of hydrogen-bond acceptors (Lipinski definition) is 4. The average molecular weight is 334 g/mol. The monoisotopic (exact) mass is 333 g/mol. The Bertz CT molecular complexity index is 638. The van der Waals surface area contributed by atoms with Crippen molar-refractivity contribution in [2.45, 2.75) is 17.7 Å². The Hall–Kier alpha value is -1.31. The van der Waals surface area contributed by atoms with Gasteiger partial charge in [0.05, 0.1) is 22.9 Å². The van der Waals surface area contributed by atoms with Gasteiger partial charge in [0, 0.05) is 13.1 Å². The normalized spacial score (nSPS) is 17.6. The molecule has 116 valence electrons. The van der Waals surface area contributed by atoms with Crippen LogP contribution in [0.1, 0.15) is 12.8 Å². The van der Waals surface area contributed by atoms with Gasteiger partial charge in [-0.2, -0.15) is 4.31 Å². The van der Waals surface area contributed by atoms with Crippen molar-refractivity contribution in [2.24, 2.45) is 5.92 Å². The molecule has 0 saturated carbocycles. The second-order valence-corrected chi connectivity index (χ2v) is 7.16. The van der Waals surface area contributed by atoms with E-state index in [-0.39, 0.29) is 23.0 Å². The number of nitrogens with zero attached hydrogens (tertiary/aromatic N) is 1. The van der Waals surface area contributed by atoms with Crippen LogP contribution in [0.4, 0.5) is 0 Å². The number of methoxy groups -OCH3 is 1. The molecule has 1 aliphatic heterocycles. The van der Waals surface area contributed by atoms with Gasteiger partial charge < -0.3 is 9.84 Å². The van der Waals surface area contributed by atoms with E-state index in [2.05, 4.69) is 0 Å². The second kappa shape index (κ2) is 6.21. The maximum atomic E-state index is 12.5. The number of hydrogen-bond donors (Lipinski definition) is 1. The van der Waals surface area contributed by atoms with E-state index in [1.54, 1.807) is 0 Å². The SMILES string of the molecule is COc1ccc(S(=O)(=O)N2CCC(C(=O)O)CC2)cc1Cl. The number of sulfonamides is 1. The number of ether oxygens (including phenoxy) is 1. The highest BCUT2D eigenvalue weighted by atomic mass is 35.5. The van der Waals surface area contributed by atoms with Crippen LogP contribution in [0.5, 0.6) is 5.75 Å². The van der Waals surface area contributed by atoms with Crippen molar-refractivity contribution in [3.05, 3.63) is 23.2 Å². The maximum absolute atomic E-state index is 12.5. The highest BCUT2D eigenvalue weighted by Gasteiger charge is 2.32. The minimum Gasteiger partial charge on any atom is -0.495 e. The largest absolute Gasteiger partial charge is 0.495 e. The molecule has 0 amide bonds. The van der Waals surface area contributed by atoms with Gasteiger partial charge in [0.1, 0.15) is 5.75 Å². The highest BCUT2D eigenvalue weighted by molar-refractivity contribution is 7.89. The molecule has 1 fully saturated rings. The van der Waals surface area contributed by atoms with Crippen LogP contribution in [0.15, 0.2) is 23.1 Å². The average Bonchev–Trinajstić information content (AvgIpc) is 2.47. The summed E-state index contributed by atoms with van der Waals surface area (Å²) in [6, 6.07) is 4.28. The third-order valence-corrected chi connectivity index (χ3v) is 5.75. The summed E-state index contributed by atoms with van der Waals surface area (Å²) >= 11 is 5.95. The van der Waals surface area contributed by atoms with Crippen LogP contribution >= 0.6 is 11.6 Å². The van der Waals surface area contributed by atoms with Gasteiger partial charge in [-0.1, -0.05) is 11.6 Å². The Labute approximate surface area is 128 Å². The smallest absolute Gasteiger partial charge is 0.306 e. The molecule has 1 heterocycles. The van der Waals surface area contributed by atoms with Gasteiger partial charge in [-0.25, -0.2) is 8.42 Å². The Morgan fingerprint density at radius 3 is 2.48 bits per heavy atom. The molecule has 0 aromatic heterocycles. The van der Waals surface area contributed by atoms with Gasteiger partial charge in [-0.3, -0.25) is 4.79 Å². The van der Waals surface area contributed by atoms with Crippen LogP contribution in [0.3, 0.4) is 0 Å².